The molecule has 0 amide bonds. The van der Waals surface area contributed by atoms with Crippen molar-refractivity contribution in [2.45, 2.75) is 19.4 Å². The highest BCUT2D eigenvalue weighted by Crippen LogP contribution is 2.34. The monoisotopic (exact) mass is 346 g/mol. The van der Waals surface area contributed by atoms with Gasteiger partial charge < -0.3 is 10.5 Å². The molecule has 0 aliphatic heterocycles. The normalized spacial score (nSPS) is 11.9. The van der Waals surface area contributed by atoms with Crippen molar-refractivity contribution in [2.24, 2.45) is 5.73 Å². The summed E-state index contributed by atoms with van der Waals surface area (Å²) in [6, 6.07) is 5.97. The highest BCUT2D eigenvalue weighted by molar-refractivity contribution is 9.11. The number of nitrogens with two attached hydrogens (primary N) is 1. The van der Waals surface area contributed by atoms with E-state index in [1.54, 1.807) is 0 Å². The smallest absolute Gasteiger partial charge is 0.174 e. The summed E-state index contributed by atoms with van der Waals surface area (Å²) >= 11 is 6.83. The number of rotatable bonds is 4. The molecule has 0 bridgehead atoms. The second-order valence-electron chi connectivity index (χ2n) is 3.52. The summed E-state index contributed by atoms with van der Waals surface area (Å²) in [5.41, 5.74) is 6.86. The van der Waals surface area contributed by atoms with Gasteiger partial charge in [0.1, 0.15) is 11.8 Å². The number of halogens is 2. The Labute approximate surface area is 112 Å². The summed E-state index contributed by atoms with van der Waals surface area (Å²) in [5.74, 6) is 0.648. The predicted octanol–water partition coefficient (Wildman–Crippen LogP) is 3.00. The summed E-state index contributed by atoms with van der Waals surface area (Å²) in [6.45, 7) is 1.99. The van der Waals surface area contributed by atoms with Crippen LogP contribution in [0.15, 0.2) is 21.1 Å². The zero-order valence-corrected chi connectivity index (χ0v) is 12.0. The van der Waals surface area contributed by atoms with Crippen LogP contribution in [0.4, 0.5) is 0 Å². The Morgan fingerprint density at radius 2 is 2.00 bits per heavy atom. The number of nitrogens with zero attached hydrogens (tertiary/aromatic N) is 1. The van der Waals surface area contributed by atoms with Gasteiger partial charge in [0.25, 0.3) is 0 Å². The molecule has 0 aliphatic rings. The maximum Gasteiger partial charge on any atom is 0.174 e. The van der Waals surface area contributed by atoms with Gasteiger partial charge in [-0.3, -0.25) is 0 Å². The number of nitriles is 1. The molecule has 0 saturated heterocycles. The van der Waals surface area contributed by atoms with Gasteiger partial charge in [0.2, 0.25) is 0 Å². The van der Waals surface area contributed by atoms with Gasteiger partial charge in [0, 0.05) is 6.04 Å². The summed E-state index contributed by atoms with van der Waals surface area (Å²) in [5, 5.41) is 8.46. The molecule has 5 heteroatoms. The molecular weight excluding hydrogens is 336 g/mol. The first-order valence-electron chi connectivity index (χ1n) is 4.78. The van der Waals surface area contributed by atoms with E-state index < -0.39 is 0 Å². The van der Waals surface area contributed by atoms with Crippen molar-refractivity contribution >= 4 is 31.9 Å². The molecule has 0 spiro atoms. The highest BCUT2D eigenvalue weighted by Gasteiger charge is 2.09. The van der Waals surface area contributed by atoms with Gasteiger partial charge in [-0.25, -0.2) is 0 Å². The Balaban J connectivity index is 2.94. The minimum atomic E-state index is 0.0316. The third kappa shape index (κ3) is 3.78. The van der Waals surface area contributed by atoms with E-state index in [1.807, 2.05) is 25.1 Å². The van der Waals surface area contributed by atoms with Crippen LogP contribution in [0.5, 0.6) is 5.75 Å². The summed E-state index contributed by atoms with van der Waals surface area (Å²) in [6.07, 6.45) is 0.801. The summed E-state index contributed by atoms with van der Waals surface area (Å²) < 4.78 is 6.94. The van der Waals surface area contributed by atoms with Crippen molar-refractivity contribution in [2.75, 3.05) is 6.61 Å². The van der Waals surface area contributed by atoms with Crippen LogP contribution in [0.1, 0.15) is 12.5 Å². The molecule has 0 aromatic heterocycles. The molecule has 0 radical (unpaired) electrons. The van der Waals surface area contributed by atoms with Crippen LogP contribution in [0.3, 0.4) is 0 Å². The van der Waals surface area contributed by atoms with E-state index in [1.165, 1.54) is 0 Å². The fourth-order valence-electron chi connectivity index (χ4n) is 1.34. The van der Waals surface area contributed by atoms with Crippen molar-refractivity contribution < 1.29 is 4.74 Å². The molecule has 2 N–H and O–H groups in total. The van der Waals surface area contributed by atoms with Crippen LogP contribution in [0.2, 0.25) is 0 Å². The Bertz CT molecular complexity index is 390. The fourth-order valence-corrected chi connectivity index (χ4v) is 2.85. The lowest BCUT2D eigenvalue weighted by Crippen LogP contribution is -2.17. The molecule has 0 aliphatic carbocycles. The van der Waals surface area contributed by atoms with Gasteiger partial charge >= 0.3 is 0 Å². The zero-order chi connectivity index (χ0) is 12.1. The van der Waals surface area contributed by atoms with Crippen molar-refractivity contribution in [1.29, 1.82) is 5.26 Å². The minimum Gasteiger partial charge on any atom is -0.476 e. The standard InChI is InChI=1S/C11H12Br2N2O/c1-7(15)4-8-5-9(12)11(10(13)6-8)16-3-2-14/h5-7H,3-4,15H2,1H3. The van der Waals surface area contributed by atoms with Crippen LogP contribution < -0.4 is 10.5 Å². The topological polar surface area (TPSA) is 59.0 Å². The molecule has 0 saturated carbocycles. The van der Waals surface area contributed by atoms with Gasteiger partial charge in [-0.2, -0.15) is 5.26 Å². The third-order valence-corrected chi connectivity index (χ3v) is 3.07. The molecule has 3 nitrogen and oxygen atoms in total. The van der Waals surface area contributed by atoms with Crippen LogP contribution in [-0.2, 0) is 6.42 Å². The second kappa shape index (κ2) is 6.24. The van der Waals surface area contributed by atoms with E-state index >= 15 is 0 Å². The quantitative estimate of drug-likeness (QED) is 0.910. The first kappa shape index (κ1) is 13.5. The molecule has 1 atom stereocenters. The first-order chi connectivity index (χ1) is 7.54. The van der Waals surface area contributed by atoms with E-state index in [0.29, 0.717) is 5.75 Å². The maximum atomic E-state index is 8.46. The summed E-state index contributed by atoms with van der Waals surface area (Å²) in [7, 11) is 0. The Hall–Kier alpha value is -0.570. The highest BCUT2D eigenvalue weighted by atomic mass is 79.9. The van der Waals surface area contributed by atoms with Gasteiger partial charge in [-0.1, -0.05) is 0 Å². The van der Waals surface area contributed by atoms with E-state index in [-0.39, 0.29) is 12.6 Å². The van der Waals surface area contributed by atoms with E-state index in [9.17, 15) is 0 Å². The van der Waals surface area contributed by atoms with Crippen molar-refractivity contribution in [3.63, 3.8) is 0 Å². The van der Waals surface area contributed by atoms with Gasteiger partial charge in [0.05, 0.1) is 8.95 Å². The van der Waals surface area contributed by atoms with Crippen LogP contribution in [0, 0.1) is 11.3 Å². The van der Waals surface area contributed by atoms with Crippen molar-refractivity contribution in [1.82, 2.24) is 0 Å². The zero-order valence-electron chi connectivity index (χ0n) is 8.84. The molecular formula is C11H12Br2N2O. The van der Waals surface area contributed by atoms with Crippen molar-refractivity contribution in [3.8, 4) is 11.8 Å². The van der Waals surface area contributed by atoms with E-state index in [0.717, 1.165) is 20.9 Å². The fraction of sp³-hybridized carbons (Fsp3) is 0.364. The Kier molecular flexibility index (Phi) is 5.26. The molecule has 86 valence electrons. The first-order valence-corrected chi connectivity index (χ1v) is 6.36. The largest absolute Gasteiger partial charge is 0.476 e. The molecule has 16 heavy (non-hydrogen) atoms. The molecule has 0 heterocycles. The SMILES string of the molecule is CC(N)Cc1cc(Br)c(OCC#N)c(Br)c1. The lowest BCUT2D eigenvalue weighted by atomic mass is 10.1. The van der Waals surface area contributed by atoms with Gasteiger partial charge in [-0.05, 0) is 62.9 Å². The van der Waals surface area contributed by atoms with E-state index in [4.69, 9.17) is 15.7 Å². The molecule has 1 aromatic rings. The predicted molar refractivity (Wildman–Crippen MR) is 70.3 cm³/mol. The number of ether oxygens (including phenoxy) is 1. The van der Waals surface area contributed by atoms with Crippen LogP contribution in [0.25, 0.3) is 0 Å². The number of hydrogen-bond acceptors (Lipinski definition) is 3. The second-order valence-corrected chi connectivity index (χ2v) is 5.23. The molecule has 1 aromatic carbocycles. The average Bonchev–Trinajstić information content (AvgIpc) is 2.15. The van der Waals surface area contributed by atoms with Gasteiger partial charge in [-0.15, -0.1) is 0 Å². The Morgan fingerprint density at radius 3 is 2.44 bits per heavy atom. The minimum absolute atomic E-state index is 0.0316. The number of benzene rings is 1. The molecule has 1 unspecified atom stereocenters. The Morgan fingerprint density at radius 1 is 1.44 bits per heavy atom. The average molecular weight is 348 g/mol. The third-order valence-electron chi connectivity index (χ3n) is 1.90. The van der Waals surface area contributed by atoms with Crippen LogP contribution >= 0.6 is 31.9 Å². The molecule has 0 fully saturated rings. The van der Waals surface area contributed by atoms with Crippen molar-refractivity contribution in [3.05, 3.63) is 26.6 Å². The summed E-state index contributed by atoms with van der Waals surface area (Å²) in [4.78, 5) is 0. The molecule has 1 rings (SSSR count). The maximum absolute atomic E-state index is 8.46. The van der Waals surface area contributed by atoms with Gasteiger partial charge in [0.15, 0.2) is 6.61 Å². The van der Waals surface area contributed by atoms with E-state index in [2.05, 4.69) is 31.9 Å². The lowest BCUT2D eigenvalue weighted by molar-refractivity contribution is 0.363. The number of hydrogen-bond donors (Lipinski definition) is 1. The lowest BCUT2D eigenvalue weighted by Gasteiger charge is -2.11. The van der Waals surface area contributed by atoms with Crippen LogP contribution in [-0.4, -0.2) is 12.6 Å².